The number of benzene rings is 4. The van der Waals surface area contributed by atoms with Crippen LogP contribution in [0.15, 0.2) is 72.8 Å². The zero-order valence-electron chi connectivity index (χ0n) is 47.2. The summed E-state index contributed by atoms with van der Waals surface area (Å²) in [5.74, 6) is 3.46. The second-order valence-electron chi connectivity index (χ2n) is 25.3. The molecule has 0 aliphatic carbocycles. The van der Waals surface area contributed by atoms with Gasteiger partial charge in [-0.2, -0.15) is 0 Å². The number of rotatable bonds is 12. The molecular formula is C56H92Ge2N4S2Si4. The SMILES string of the molecule is CC(C)c1cccc(C(C)C)c1[N]1[Si](C)(C)[Si](C)(C)[N](c2c(C(C)C)cccc2C(C)C)[Ge]12[S][Ge]1([S]2)[N](c2c(C(C)C)cccc2C(C)C)[Si](C)(C)[Si](C)(C)[N]1c1c(C(C)C)cccc1C(C)C. The molecule has 0 unspecified atom stereocenters. The Morgan fingerprint density at radius 2 is 0.412 bits per heavy atom. The first-order valence-electron chi connectivity index (χ1n) is 26.5. The van der Waals surface area contributed by atoms with Crippen LogP contribution in [-0.2, 0) is 0 Å². The molecule has 3 heterocycles. The van der Waals surface area contributed by atoms with Crippen LogP contribution in [0, 0.1) is 0 Å². The van der Waals surface area contributed by atoms with E-state index in [2.05, 4.69) is 267 Å². The van der Waals surface area contributed by atoms with Crippen molar-refractivity contribution in [3.05, 3.63) is 117 Å². The summed E-state index contributed by atoms with van der Waals surface area (Å²) in [6.45, 7) is 62.5. The first-order valence-corrected chi connectivity index (χ1v) is 56.0. The first-order chi connectivity index (χ1) is 31.4. The van der Waals surface area contributed by atoms with Gasteiger partial charge in [-0.25, -0.2) is 0 Å². The molecule has 2 spiro atoms. The molecule has 3 fully saturated rings. The van der Waals surface area contributed by atoms with Crippen LogP contribution in [0.1, 0.15) is 203 Å². The van der Waals surface area contributed by atoms with E-state index in [0.29, 0.717) is 47.3 Å². The molecule has 372 valence electrons. The van der Waals surface area contributed by atoms with E-state index in [1.165, 1.54) is 0 Å². The van der Waals surface area contributed by atoms with Gasteiger partial charge in [0.15, 0.2) is 0 Å². The number of anilines is 4. The molecule has 4 nitrogen and oxygen atoms in total. The first kappa shape index (κ1) is 54.5. The molecule has 0 aromatic heterocycles. The molecule has 12 heteroatoms. The van der Waals surface area contributed by atoms with Gasteiger partial charge >= 0.3 is 435 Å². The summed E-state index contributed by atoms with van der Waals surface area (Å²) >= 11 is -7.39. The molecule has 4 aromatic rings. The van der Waals surface area contributed by atoms with Crippen molar-refractivity contribution in [3.8, 4) is 0 Å². The normalized spacial score (nSPS) is 20.1. The van der Waals surface area contributed by atoms with Gasteiger partial charge in [-0.3, -0.25) is 0 Å². The van der Waals surface area contributed by atoms with Crippen LogP contribution in [0.25, 0.3) is 0 Å². The van der Waals surface area contributed by atoms with E-state index in [0.717, 1.165) is 0 Å². The van der Waals surface area contributed by atoms with Gasteiger partial charge in [0.1, 0.15) is 0 Å². The van der Waals surface area contributed by atoms with E-state index in [9.17, 15) is 0 Å². The maximum atomic E-state index is 3.46. The minimum atomic E-state index is -3.69. The predicted molar refractivity (Wildman–Crippen MR) is 325 cm³/mol. The molecule has 0 saturated carbocycles. The van der Waals surface area contributed by atoms with Gasteiger partial charge in [0.25, 0.3) is 0 Å². The van der Waals surface area contributed by atoms with Gasteiger partial charge in [-0.1, -0.05) is 0 Å². The number of hydrogen-bond acceptors (Lipinski definition) is 6. The van der Waals surface area contributed by atoms with Gasteiger partial charge in [-0.05, 0) is 0 Å². The summed E-state index contributed by atoms with van der Waals surface area (Å²) in [5.41, 5.74) is 19.2. The van der Waals surface area contributed by atoms with Crippen LogP contribution < -0.4 is 14.1 Å². The van der Waals surface area contributed by atoms with Crippen molar-refractivity contribution in [1.29, 1.82) is 0 Å². The maximum absolute atomic E-state index is 3.69. The summed E-state index contributed by atoms with van der Waals surface area (Å²) in [4.78, 5) is 0. The number of hydrogen-bond donors (Lipinski definition) is 0. The topological polar surface area (TPSA) is 13.0 Å². The monoisotopic (exact) mass is 1140 g/mol. The molecule has 0 radical (unpaired) electrons. The number of nitrogens with zero attached hydrogens (tertiary/aromatic N) is 4. The molecule has 0 N–H and O–H groups in total. The molecule has 3 aliphatic heterocycles. The molecular weight excluding hydrogens is 1050 g/mol. The zero-order chi connectivity index (χ0) is 50.8. The van der Waals surface area contributed by atoms with Gasteiger partial charge in [0, 0.05) is 0 Å². The van der Waals surface area contributed by atoms with Gasteiger partial charge in [0.05, 0.1) is 0 Å². The van der Waals surface area contributed by atoms with Crippen molar-refractivity contribution in [3.63, 3.8) is 0 Å². The number of para-hydroxylation sites is 4. The van der Waals surface area contributed by atoms with Crippen LogP contribution in [0.5, 0.6) is 0 Å². The van der Waals surface area contributed by atoms with Crippen molar-refractivity contribution in [2.45, 2.75) is 210 Å². The second-order valence-corrected chi connectivity index (χ2v) is 97.2. The summed E-state index contributed by atoms with van der Waals surface area (Å²) in [5, 5.41) is 0. The van der Waals surface area contributed by atoms with Crippen LogP contribution in [0.2, 0.25) is 52.4 Å². The Bertz CT molecular complexity index is 2080. The van der Waals surface area contributed by atoms with Crippen molar-refractivity contribution in [2.75, 3.05) is 14.1 Å². The molecule has 0 amide bonds. The Balaban J connectivity index is 1.74. The molecule has 3 aliphatic rings. The van der Waals surface area contributed by atoms with E-state index in [4.69, 9.17) is 0 Å². The van der Waals surface area contributed by atoms with Gasteiger partial charge < -0.3 is 0 Å². The fraction of sp³-hybridized carbons (Fsp3) is 0.571. The van der Waals surface area contributed by atoms with Crippen molar-refractivity contribution < 1.29 is 0 Å². The fourth-order valence-corrected chi connectivity index (χ4v) is 246. The summed E-state index contributed by atoms with van der Waals surface area (Å²) < 4.78 is 13.8. The predicted octanol–water partition coefficient (Wildman–Crippen LogP) is 18.4. The minimum absolute atomic E-state index is 0.432. The summed E-state index contributed by atoms with van der Waals surface area (Å²) in [6.07, 6.45) is 0. The Morgan fingerprint density at radius 3 is 0.529 bits per heavy atom. The Morgan fingerprint density at radius 1 is 0.279 bits per heavy atom. The zero-order valence-corrected chi connectivity index (χ0v) is 57.0. The van der Waals surface area contributed by atoms with E-state index in [1.807, 2.05) is 0 Å². The molecule has 3 saturated heterocycles. The van der Waals surface area contributed by atoms with Gasteiger partial charge in [-0.15, -0.1) is 0 Å². The standard InChI is InChI=1S/C56H92Ge2N4S2Si4/c1-37(2)45-29-25-30-46(38(3)4)53(45)59-57(60(66(19,20)65(59,17)18)54-47(39(5)6)31-26-32-48(54)40(7)8)63-58(64-57)61(55-49(41(9)10)33-27-34-50(55)42(11)12)67(21,22)68(23,24)62(58)56-51(43(13)14)35-28-36-52(56)44(15)16/h25-44H,1-24H3. The average Bonchev–Trinajstić information content (AvgIpc) is 3.45. The Labute approximate surface area is 431 Å². The van der Waals surface area contributed by atoms with Gasteiger partial charge in [0.2, 0.25) is 0 Å². The Kier molecular flexibility index (Phi) is 15.1. The van der Waals surface area contributed by atoms with Crippen molar-refractivity contribution in [1.82, 2.24) is 0 Å². The van der Waals surface area contributed by atoms with E-state index >= 15 is 0 Å². The van der Waals surface area contributed by atoms with Crippen LogP contribution in [-0.4, -0.2) is 53.9 Å². The van der Waals surface area contributed by atoms with E-state index in [-0.39, 0.29) is 0 Å². The third-order valence-electron chi connectivity index (χ3n) is 17.2. The Hall–Kier alpha value is -1.27. The van der Waals surface area contributed by atoms with Crippen molar-refractivity contribution in [2.24, 2.45) is 0 Å². The fourth-order valence-electron chi connectivity index (χ4n) is 12.2. The van der Waals surface area contributed by atoms with E-state index < -0.39 is 53.9 Å². The van der Waals surface area contributed by atoms with Crippen LogP contribution in [0.3, 0.4) is 0 Å². The third kappa shape index (κ3) is 8.05. The van der Waals surface area contributed by atoms with E-state index in [1.54, 1.807) is 67.3 Å². The molecule has 68 heavy (non-hydrogen) atoms. The second kappa shape index (κ2) is 18.9. The summed E-state index contributed by atoms with van der Waals surface area (Å²) in [7, 11) is -3.52. The molecule has 0 bridgehead atoms. The molecule has 0 atom stereocenters. The average molecular weight is 1140 g/mol. The molecule has 4 aromatic carbocycles. The summed E-state index contributed by atoms with van der Waals surface area (Å²) in [6, 6.07) is 29.9. The van der Waals surface area contributed by atoms with Crippen LogP contribution in [0.4, 0.5) is 22.7 Å². The quantitative estimate of drug-likeness (QED) is 0.130. The molecule has 7 rings (SSSR count). The third-order valence-corrected chi connectivity index (χ3v) is 166. The van der Waals surface area contributed by atoms with Crippen molar-refractivity contribution >= 4 is 93.4 Å². The van der Waals surface area contributed by atoms with Crippen LogP contribution >= 0.6 is 16.8 Å².